The second-order valence-electron chi connectivity index (χ2n) is 5.66. The molecule has 0 amide bonds. The predicted octanol–water partition coefficient (Wildman–Crippen LogP) is 3.90. The zero-order chi connectivity index (χ0) is 19.0. The van der Waals surface area contributed by atoms with E-state index in [1.165, 1.54) is 11.8 Å². The summed E-state index contributed by atoms with van der Waals surface area (Å²) in [7, 11) is 1.48. The van der Waals surface area contributed by atoms with Gasteiger partial charge in [0.1, 0.15) is 11.3 Å². The van der Waals surface area contributed by atoms with Gasteiger partial charge >= 0.3 is 6.18 Å². The van der Waals surface area contributed by atoms with Gasteiger partial charge in [-0.1, -0.05) is 29.5 Å². The summed E-state index contributed by atoms with van der Waals surface area (Å²) < 4.78 is 46.5. The van der Waals surface area contributed by atoms with Crippen LogP contribution in [0.5, 0.6) is 5.75 Å². The molecule has 0 spiro atoms. The number of methoxy groups -OCH3 is 1. The highest BCUT2D eigenvalue weighted by Gasteiger charge is 2.34. The molecule has 9 heteroatoms. The zero-order valence-electron chi connectivity index (χ0n) is 14.0. The first-order valence-electron chi connectivity index (χ1n) is 7.87. The van der Waals surface area contributed by atoms with E-state index in [9.17, 15) is 13.2 Å². The summed E-state index contributed by atoms with van der Waals surface area (Å²) in [5.41, 5.74) is 0.540. The summed E-state index contributed by atoms with van der Waals surface area (Å²) >= 11 is 0. The monoisotopic (exact) mass is 371 g/mol. The fraction of sp³-hybridized carbons (Fsp3) is 0.111. The predicted molar refractivity (Wildman–Crippen MR) is 91.4 cm³/mol. The van der Waals surface area contributed by atoms with Gasteiger partial charge in [0, 0.05) is 5.56 Å². The molecule has 27 heavy (non-hydrogen) atoms. The Balaban J connectivity index is 1.94. The summed E-state index contributed by atoms with van der Waals surface area (Å²) in [4.78, 5) is 7.94. The van der Waals surface area contributed by atoms with Crippen molar-refractivity contribution in [3.05, 3.63) is 60.3 Å². The summed E-state index contributed by atoms with van der Waals surface area (Å²) in [6.07, 6.45) is -4.64. The second-order valence-corrected chi connectivity index (χ2v) is 5.66. The molecule has 0 aliphatic carbocycles. The Bertz CT molecular complexity index is 1120. The lowest BCUT2D eigenvalue weighted by atomic mass is 10.1. The van der Waals surface area contributed by atoms with Crippen molar-refractivity contribution in [2.75, 3.05) is 7.11 Å². The Morgan fingerprint density at radius 2 is 1.78 bits per heavy atom. The third kappa shape index (κ3) is 3.19. The highest BCUT2D eigenvalue weighted by Crippen LogP contribution is 2.32. The lowest BCUT2D eigenvalue weighted by molar-refractivity contribution is -0.141. The van der Waals surface area contributed by atoms with Crippen LogP contribution in [0.1, 0.15) is 5.69 Å². The fourth-order valence-corrected chi connectivity index (χ4v) is 2.62. The van der Waals surface area contributed by atoms with Crippen molar-refractivity contribution in [3.63, 3.8) is 0 Å². The third-order valence-electron chi connectivity index (χ3n) is 3.91. The summed E-state index contributed by atoms with van der Waals surface area (Å²) in [6, 6.07) is 14.4. The van der Waals surface area contributed by atoms with Gasteiger partial charge in [0.15, 0.2) is 5.69 Å². The molecule has 0 fully saturated rings. The molecule has 4 rings (SSSR count). The van der Waals surface area contributed by atoms with Crippen LogP contribution in [0.15, 0.2) is 54.6 Å². The quantitative estimate of drug-likeness (QED) is 0.546. The molecule has 0 aliphatic heterocycles. The molecule has 0 aliphatic rings. The highest BCUT2D eigenvalue weighted by atomic mass is 19.4. The van der Waals surface area contributed by atoms with Crippen LogP contribution < -0.4 is 4.74 Å². The van der Waals surface area contributed by atoms with Crippen LogP contribution in [0, 0.1) is 0 Å². The molecule has 0 N–H and O–H groups in total. The summed E-state index contributed by atoms with van der Waals surface area (Å²) in [5.74, 6) is 0.295. The van der Waals surface area contributed by atoms with Gasteiger partial charge < -0.3 is 4.74 Å². The van der Waals surface area contributed by atoms with Crippen molar-refractivity contribution in [2.24, 2.45) is 0 Å². The third-order valence-corrected chi connectivity index (χ3v) is 3.91. The minimum absolute atomic E-state index is 0.103. The maximum absolute atomic E-state index is 13.4. The molecule has 0 atom stereocenters. The van der Waals surface area contributed by atoms with E-state index in [1.807, 2.05) is 0 Å². The lowest BCUT2D eigenvalue weighted by Crippen LogP contribution is -2.13. The SMILES string of the molecule is COc1cccc(-c2cc(C(F)(F)F)nc(-n3nnc4ccccc43)n2)c1. The van der Waals surface area contributed by atoms with E-state index >= 15 is 0 Å². The largest absolute Gasteiger partial charge is 0.497 e. The van der Waals surface area contributed by atoms with Gasteiger partial charge in [0.05, 0.1) is 18.3 Å². The van der Waals surface area contributed by atoms with Crippen LogP contribution in [-0.2, 0) is 6.18 Å². The van der Waals surface area contributed by atoms with Crippen LogP contribution in [-0.4, -0.2) is 32.1 Å². The number of benzene rings is 2. The number of aromatic nitrogens is 5. The van der Waals surface area contributed by atoms with Crippen molar-refractivity contribution < 1.29 is 17.9 Å². The van der Waals surface area contributed by atoms with Crippen molar-refractivity contribution in [3.8, 4) is 23.0 Å². The standard InChI is InChI=1S/C18H12F3N5O/c1-27-12-6-4-5-11(9-12)14-10-16(18(19,20)21)23-17(22-14)26-15-8-3-2-7-13(15)24-25-26/h2-10H,1H3. The molecule has 4 aromatic rings. The van der Waals surface area contributed by atoms with Crippen molar-refractivity contribution in [2.45, 2.75) is 6.18 Å². The average Bonchev–Trinajstić information content (AvgIpc) is 3.11. The normalized spacial score (nSPS) is 11.7. The first-order chi connectivity index (χ1) is 13.0. The number of ether oxygens (including phenoxy) is 1. The van der Waals surface area contributed by atoms with E-state index in [0.717, 1.165) is 6.07 Å². The number of fused-ring (bicyclic) bond motifs is 1. The van der Waals surface area contributed by atoms with E-state index in [4.69, 9.17) is 4.74 Å². The smallest absolute Gasteiger partial charge is 0.433 e. The van der Waals surface area contributed by atoms with Crippen LogP contribution in [0.2, 0.25) is 0 Å². The Morgan fingerprint density at radius 1 is 0.963 bits per heavy atom. The molecule has 2 heterocycles. The minimum atomic E-state index is -4.64. The molecule has 2 aromatic heterocycles. The zero-order valence-corrected chi connectivity index (χ0v) is 14.0. The Labute approximate surface area is 151 Å². The lowest BCUT2D eigenvalue weighted by Gasteiger charge is -2.11. The molecule has 0 radical (unpaired) electrons. The van der Waals surface area contributed by atoms with Gasteiger partial charge in [-0.15, -0.1) is 5.10 Å². The van der Waals surface area contributed by atoms with Gasteiger partial charge in [-0.05, 0) is 30.3 Å². The molecule has 0 saturated carbocycles. The van der Waals surface area contributed by atoms with Gasteiger partial charge in [0.25, 0.3) is 5.95 Å². The highest BCUT2D eigenvalue weighted by molar-refractivity contribution is 5.75. The van der Waals surface area contributed by atoms with Gasteiger partial charge in [-0.25, -0.2) is 9.97 Å². The topological polar surface area (TPSA) is 65.7 Å². The van der Waals surface area contributed by atoms with Crippen molar-refractivity contribution in [1.82, 2.24) is 25.0 Å². The number of halogens is 3. The first-order valence-corrected chi connectivity index (χ1v) is 7.87. The van der Waals surface area contributed by atoms with Gasteiger partial charge in [-0.3, -0.25) is 0 Å². The Kier molecular flexibility index (Phi) is 3.98. The maximum Gasteiger partial charge on any atom is 0.433 e. The molecule has 136 valence electrons. The number of nitrogens with zero attached hydrogens (tertiary/aromatic N) is 5. The summed E-state index contributed by atoms with van der Waals surface area (Å²) in [6.45, 7) is 0. The molecule has 0 bridgehead atoms. The van der Waals surface area contributed by atoms with Crippen molar-refractivity contribution in [1.29, 1.82) is 0 Å². The number of hydrogen-bond donors (Lipinski definition) is 0. The minimum Gasteiger partial charge on any atom is -0.497 e. The van der Waals surface area contributed by atoms with Gasteiger partial charge in [0.2, 0.25) is 0 Å². The van der Waals surface area contributed by atoms with E-state index < -0.39 is 11.9 Å². The maximum atomic E-state index is 13.4. The molecule has 6 nitrogen and oxygen atoms in total. The van der Waals surface area contributed by atoms with Crippen LogP contribution in [0.4, 0.5) is 13.2 Å². The number of hydrogen-bond acceptors (Lipinski definition) is 5. The first kappa shape index (κ1) is 17.0. The molecule has 2 aromatic carbocycles. The molecular formula is C18H12F3N5O. The number of para-hydroxylation sites is 1. The summed E-state index contributed by atoms with van der Waals surface area (Å²) in [5, 5.41) is 7.86. The average molecular weight is 371 g/mol. The Hall–Kier alpha value is -3.49. The van der Waals surface area contributed by atoms with Crippen LogP contribution in [0.3, 0.4) is 0 Å². The molecule has 0 unspecified atom stereocenters. The van der Waals surface area contributed by atoms with E-state index in [1.54, 1.807) is 48.5 Å². The van der Waals surface area contributed by atoms with Crippen molar-refractivity contribution >= 4 is 11.0 Å². The second kappa shape index (κ2) is 6.35. The Morgan fingerprint density at radius 3 is 2.56 bits per heavy atom. The fourth-order valence-electron chi connectivity index (χ4n) is 2.62. The van der Waals surface area contributed by atoms with E-state index in [0.29, 0.717) is 22.3 Å². The van der Waals surface area contributed by atoms with E-state index in [2.05, 4.69) is 20.3 Å². The number of rotatable bonds is 3. The van der Waals surface area contributed by atoms with Gasteiger partial charge in [-0.2, -0.15) is 17.9 Å². The van der Waals surface area contributed by atoms with E-state index in [-0.39, 0.29) is 11.6 Å². The molecule has 0 saturated heterocycles. The number of alkyl halides is 3. The molecular weight excluding hydrogens is 359 g/mol. The van der Waals surface area contributed by atoms with Crippen LogP contribution >= 0.6 is 0 Å². The van der Waals surface area contributed by atoms with Crippen LogP contribution in [0.25, 0.3) is 28.2 Å².